The van der Waals surface area contributed by atoms with Crippen LogP contribution in [0.15, 0.2) is 60.8 Å². The number of aromatic nitrogens is 1. The van der Waals surface area contributed by atoms with Crippen LogP contribution in [0.25, 0.3) is 0 Å². The van der Waals surface area contributed by atoms with Crippen molar-refractivity contribution in [1.29, 1.82) is 0 Å². The lowest BCUT2D eigenvalue weighted by Gasteiger charge is -2.45. The molecule has 1 saturated heterocycles. The minimum absolute atomic E-state index is 0.0911. The van der Waals surface area contributed by atoms with Crippen molar-refractivity contribution in [1.82, 2.24) is 9.88 Å². The lowest BCUT2D eigenvalue weighted by molar-refractivity contribution is -0.137. The van der Waals surface area contributed by atoms with Gasteiger partial charge in [-0.2, -0.15) is 13.2 Å². The average molecular weight is 521 g/mol. The van der Waals surface area contributed by atoms with Crippen LogP contribution in [0.2, 0.25) is 10.0 Å². The van der Waals surface area contributed by atoms with E-state index in [1.807, 2.05) is 29.2 Å². The highest BCUT2D eigenvalue weighted by Crippen LogP contribution is 2.45. The Balaban J connectivity index is 1.49. The summed E-state index contributed by atoms with van der Waals surface area (Å²) in [4.78, 5) is 21.3. The van der Waals surface area contributed by atoms with Gasteiger partial charge in [0, 0.05) is 60.1 Å². The fraction of sp³-hybridized carbons (Fsp3) is 0.280. The minimum atomic E-state index is -4.50. The lowest BCUT2D eigenvalue weighted by atomic mass is 9.82. The number of anilines is 2. The van der Waals surface area contributed by atoms with E-state index in [9.17, 15) is 18.0 Å². The summed E-state index contributed by atoms with van der Waals surface area (Å²) in [7, 11) is 0. The number of hydrogen-bond acceptors (Lipinski definition) is 4. The third kappa shape index (κ3) is 4.35. The number of nitrogens with one attached hydrogen (secondary N) is 1. The molecule has 2 aromatic carbocycles. The molecule has 1 aromatic heterocycles. The van der Waals surface area contributed by atoms with Crippen molar-refractivity contribution < 1.29 is 18.0 Å². The molecule has 182 valence electrons. The van der Waals surface area contributed by atoms with Gasteiger partial charge in [-0.25, -0.2) is 4.98 Å². The largest absolute Gasteiger partial charge is 0.419 e. The number of fused-ring (bicyclic) bond motifs is 1. The van der Waals surface area contributed by atoms with Crippen molar-refractivity contribution in [2.24, 2.45) is 0 Å². The predicted octanol–water partition coefficient (Wildman–Crippen LogP) is 5.62. The van der Waals surface area contributed by atoms with Crippen molar-refractivity contribution >= 4 is 40.6 Å². The highest BCUT2D eigenvalue weighted by Gasteiger charge is 2.52. The first-order chi connectivity index (χ1) is 16.7. The van der Waals surface area contributed by atoms with Gasteiger partial charge >= 0.3 is 6.18 Å². The van der Waals surface area contributed by atoms with Gasteiger partial charge in [-0.1, -0.05) is 41.4 Å². The first kappa shape index (κ1) is 23.9. The van der Waals surface area contributed by atoms with Crippen molar-refractivity contribution in [3.8, 4) is 0 Å². The molecule has 0 radical (unpaired) electrons. The fourth-order valence-corrected chi connectivity index (χ4v) is 5.43. The molecule has 10 heteroatoms. The summed E-state index contributed by atoms with van der Waals surface area (Å²) in [5.41, 5.74) is 0.487. The average Bonchev–Trinajstić information content (AvgIpc) is 3.09. The second kappa shape index (κ2) is 9.00. The number of halogens is 5. The Morgan fingerprint density at radius 2 is 1.71 bits per heavy atom. The highest BCUT2D eigenvalue weighted by atomic mass is 35.5. The zero-order valence-corrected chi connectivity index (χ0v) is 20.0. The standard InChI is InChI=1S/C25H21Cl2F3N4O/c26-17-4-1-3-16(13-17)15-24(19-7-6-18(27)14-21(19)32-23(24)35)34-11-9-33(10-12-34)22-20(25(28,29)30)5-2-8-31-22/h1-8,13-14H,9-12,15H2,(H,32,35). The lowest BCUT2D eigenvalue weighted by Crippen LogP contribution is -2.59. The van der Waals surface area contributed by atoms with Crippen LogP contribution in [-0.4, -0.2) is 42.0 Å². The van der Waals surface area contributed by atoms with Crippen LogP contribution in [0.4, 0.5) is 24.7 Å². The van der Waals surface area contributed by atoms with Crippen LogP contribution in [0, 0.1) is 0 Å². The maximum Gasteiger partial charge on any atom is 0.419 e. The zero-order chi connectivity index (χ0) is 24.8. The second-order valence-electron chi connectivity index (χ2n) is 8.66. The molecule has 0 spiro atoms. The van der Waals surface area contributed by atoms with E-state index in [1.165, 1.54) is 12.3 Å². The molecule has 1 fully saturated rings. The van der Waals surface area contributed by atoms with E-state index in [0.29, 0.717) is 35.2 Å². The summed E-state index contributed by atoms with van der Waals surface area (Å²) < 4.78 is 40.7. The first-order valence-electron chi connectivity index (χ1n) is 11.1. The van der Waals surface area contributed by atoms with Gasteiger partial charge in [0.25, 0.3) is 0 Å². The van der Waals surface area contributed by atoms with Gasteiger partial charge < -0.3 is 10.2 Å². The summed E-state index contributed by atoms with van der Waals surface area (Å²) in [5, 5.41) is 4.02. The van der Waals surface area contributed by atoms with Gasteiger partial charge in [-0.05, 0) is 42.0 Å². The number of rotatable bonds is 4. The number of carbonyl (C=O) groups is 1. The number of alkyl halides is 3. The number of amides is 1. The molecule has 5 nitrogen and oxygen atoms in total. The van der Waals surface area contributed by atoms with Crippen molar-refractivity contribution in [3.05, 3.63) is 87.5 Å². The maximum atomic E-state index is 13.6. The van der Waals surface area contributed by atoms with Crippen LogP contribution < -0.4 is 10.2 Å². The van der Waals surface area contributed by atoms with E-state index < -0.39 is 17.3 Å². The quantitative estimate of drug-likeness (QED) is 0.485. The molecule has 3 aromatic rings. The molecule has 0 aliphatic carbocycles. The Morgan fingerprint density at radius 1 is 0.971 bits per heavy atom. The Bertz CT molecular complexity index is 1280. The van der Waals surface area contributed by atoms with Crippen LogP contribution >= 0.6 is 23.2 Å². The molecule has 1 atom stereocenters. The monoisotopic (exact) mass is 520 g/mol. The number of benzene rings is 2. The van der Waals surface area contributed by atoms with Gasteiger partial charge in [0.15, 0.2) is 0 Å². The van der Waals surface area contributed by atoms with Crippen molar-refractivity contribution in [2.75, 3.05) is 36.4 Å². The Hall–Kier alpha value is -2.81. The normalized spacial score (nSPS) is 20.6. The number of carbonyl (C=O) groups excluding carboxylic acids is 1. The van der Waals surface area contributed by atoms with E-state index in [1.54, 1.807) is 23.1 Å². The molecular formula is C25H21Cl2F3N4O. The van der Waals surface area contributed by atoms with E-state index >= 15 is 0 Å². The third-order valence-electron chi connectivity index (χ3n) is 6.61. The Labute approximate surface area is 210 Å². The van der Waals surface area contributed by atoms with Crippen molar-refractivity contribution in [3.63, 3.8) is 0 Å². The number of piperazine rings is 1. The number of hydrogen-bond donors (Lipinski definition) is 1. The number of nitrogens with zero attached hydrogens (tertiary/aromatic N) is 3. The third-order valence-corrected chi connectivity index (χ3v) is 7.08. The summed E-state index contributed by atoms with van der Waals surface area (Å²) in [6.07, 6.45) is -2.79. The highest BCUT2D eigenvalue weighted by molar-refractivity contribution is 6.31. The molecule has 2 aliphatic heterocycles. The SMILES string of the molecule is O=C1Nc2cc(Cl)ccc2C1(Cc1cccc(Cl)c1)N1CCN(c2ncccc2C(F)(F)F)CC1. The number of pyridine rings is 1. The Kier molecular flexibility index (Phi) is 6.15. The molecule has 2 aliphatic rings. The van der Waals surface area contributed by atoms with E-state index in [2.05, 4.69) is 10.3 Å². The van der Waals surface area contributed by atoms with Gasteiger partial charge in [0.2, 0.25) is 5.91 Å². The van der Waals surface area contributed by atoms with Crippen LogP contribution in [0.5, 0.6) is 0 Å². The molecule has 5 rings (SSSR count). The molecule has 1 N–H and O–H groups in total. The Morgan fingerprint density at radius 3 is 2.43 bits per heavy atom. The van der Waals surface area contributed by atoms with Crippen LogP contribution in [-0.2, 0) is 22.9 Å². The molecule has 0 bridgehead atoms. The molecule has 0 saturated carbocycles. The fourth-order valence-electron chi connectivity index (χ4n) is 5.04. The summed E-state index contributed by atoms with van der Waals surface area (Å²) >= 11 is 12.4. The minimum Gasteiger partial charge on any atom is -0.354 e. The van der Waals surface area contributed by atoms with Gasteiger partial charge in [-0.15, -0.1) is 0 Å². The first-order valence-corrected chi connectivity index (χ1v) is 11.8. The predicted molar refractivity (Wildman–Crippen MR) is 130 cm³/mol. The van der Waals surface area contributed by atoms with Crippen LogP contribution in [0.3, 0.4) is 0 Å². The molecule has 3 heterocycles. The molecular weight excluding hydrogens is 500 g/mol. The van der Waals surface area contributed by atoms with Crippen molar-refractivity contribution in [2.45, 2.75) is 18.1 Å². The molecule has 35 heavy (non-hydrogen) atoms. The van der Waals surface area contributed by atoms with E-state index in [4.69, 9.17) is 23.2 Å². The molecule has 1 unspecified atom stereocenters. The van der Waals surface area contributed by atoms with Gasteiger partial charge in [0.1, 0.15) is 11.4 Å². The summed E-state index contributed by atoms with van der Waals surface area (Å²) in [6.45, 7) is 1.30. The summed E-state index contributed by atoms with van der Waals surface area (Å²) in [6, 6.07) is 15.0. The topological polar surface area (TPSA) is 48.5 Å². The van der Waals surface area contributed by atoms with Crippen LogP contribution in [0.1, 0.15) is 16.7 Å². The smallest absolute Gasteiger partial charge is 0.354 e. The molecule has 1 amide bonds. The van der Waals surface area contributed by atoms with E-state index in [0.717, 1.165) is 17.2 Å². The summed E-state index contributed by atoms with van der Waals surface area (Å²) in [5.74, 6) is -0.288. The zero-order valence-electron chi connectivity index (χ0n) is 18.4. The van der Waals surface area contributed by atoms with Gasteiger partial charge in [-0.3, -0.25) is 9.69 Å². The second-order valence-corrected chi connectivity index (χ2v) is 9.53. The maximum absolute atomic E-state index is 13.6. The van der Waals surface area contributed by atoms with E-state index in [-0.39, 0.29) is 24.8 Å². The van der Waals surface area contributed by atoms with Gasteiger partial charge in [0.05, 0.1) is 5.56 Å².